The lowest BCUT2D eigenvalue weighted by atomic mass is 10.1. The molecule has 2 aromatic carbocycles. The Morgan fingerprint density at radius 1 is 0.963 bits per heavy atom. The van der Waals surface area contributed by atoms with Gasteiger partial charge in [0.2, 0.25) is 11.8 Å². The van der Waals surface area contributed by atoms with Crippen LogP contribution in [0.15, 0.2) is 42.5 Å². The largest absolute Gasteiger partial charge is 0.368 e. The molecule has 27 heavy (non-hydrogen) atoms. The Morgan fingerprint density at radius 2 is 1.56 bits per heavy atom. The van der Waals surface area contributed by atoms with E-state index in [-0.39, 0.29) is 24.1 Å². The molecule has 0 aromatic heterocycles. The summed E-state index contributed by atoms with van der Waals surface area (Å²) >= 11 is 0. The Morgan fingerprint density at radius 3 is 2.15 bits per heavy atom. The third-order valence-electron chi connectivity index (χ3n) is 4.64. The van der Waals surface area contributed by atoms with Crippen molar-refractivity contribution in [2.24, 2.45) is 0 Å². The van der Waals surface area contributed by atoms with Gasteiger partial charge < -0.3 is 15.1 Å². The van der Waals surface area contributed by atoms with Crippen molar-refractivity contribution in [2.45, 2.75) is 20.3 Å². The number of piperazine rings is 1. The number of aryl methyl sites for hydroxylation is 2. The average Bonchev–Trinajstić information content (AvgIpc) is 2.61. The van der Waals surface area contributed by atoms with Gasteiger partial charge in [-0.2, -0.15) is 0 Å². The van der Waals surface area contributed by atoms with Crippen LogP contribution in [0.3, 0.4) is 0 Å². The second kappa shape index (κ2) is 8.20. The van der Waals surface area contributed by atoms with E-state index in [0.29, 0.717) is 31.9 Å². The standard InChI is InChI=1S/C21H24FN3O2/c1-15-11-16(2)13-18(12-15)23-20(26)14-21(27)25-9-7-24(8-10-25)19-5-3-17(22)4-6-19/h3-6,11-13H,7-10,14H2,1-2H3,(H,23,26). The predicted molar refractivity (Wildman–Crippen MR) is 104 cm³/mol. The molecule has 0 atom stereocenters. The summed E-state index contributed by atoms with van der Waals surface area (Å²) in [7, 11) is 0. The summed E-state index contributed by atoms with van der Waals surface area (Å²) in [6.45, 7) is 6.36. The van der Waals surface area contributed by atoms with Gasteiger partial charge in [0.15, 0.2) is 0 Å². The van der Waals surface area contributed by atoms with Crippen molar-refractivity contribution in [3.05, 3.63) is 59.4 Å². The fourth-order valence-electron chi connectivity index (χ4n) is 3.37. The lowest BCUT2D eigenvalue weighted by molar-refractivity contribution is -0.134. The van der Waals surface area contributed by atoms with Crippen molar-refractivity contribution in [3.63, 3.8) is 0 Å². The van der Waals surface area contributed by atoms with Crippen molar-refractivity contribution in [2.75, 3.05) is 36.4 Å². The van der Waals surface area contributed by atoms with Gasteiger partial charge in [-0.05, 0) is 61.4 Å². The molecule has 0 unspecified atom stereocenters. The number of hydrogen-bond donors (Lipinski definition) is 1. The quantitative estimate of drug-likeness (QED) is 0.843. The summed E-state index contributed by atoms with van der Waals surface area (Å²) < 4.78 is 13.0. The summed E-state index contributed by atoms with van der Waals surface area (Å²) in [6.07, 6.45) is -0.163. The van der Waals surface area contributed by atoms with Gasteiger partial charge >= 0.3 is 0 Å². The van der Waals surface area contributed by atoms with Gasteiger partial charge in [0.25, 0.3) is 0 Å². The number of amides is 2. The molecule has 1 fully saturated rings. The maximum absolute atomic E-state index is 13.0. The highest BCUT2D eigenvalue weighted by Gasteiger charge is 2.23. The minimum Gasteiger partial charge on any atom is -0.368 e. The zero-order valence-electron chi connectivity index (χ0n) is 15.7. The van der Waals surface area contributed by atoms with Crippen LogP contribution in [0, 0.1) is 19.7 Å². The molecule has 2 aromatic rings. The summed E-state index contributed by atoms with van der Waals surface area (Å²) in [5, 5.41) is 2.80. The Kier molecular flexibility index (Phi) is 5.74. The topological polar surface area (TPSA) is 52.7 Å². The van der Waals surface area contributed by atoms with Crippen LogP contribution in [0.4, 0.5) is 15.8 Å². The number of nitrogens with zero attached hydrogens (tertiary/aromatic N) is 2. The first-order valence-corrected chi connectivity index (χ1v) is 9.07. The maximum Gasteiger partial charge on any atom is 0.233 e. The van der Waals surface area contributed by atoms with Gasteiger partial charge in [-0.15, -0.1) is 0 Å². The molecule has 5 nitrogen and oxygen atoms in total. The second-order valence-electron chi connectivity index (χ2n) is 6.95. The molecule has 1 heterocycles. The van der Waals surface area contributed by atoms with Crippen LogP contribution in [-0.2, 0) is 9.59 Å². The number of carbonyl (C=O) groups excluding carboxylic acids is 2. The minimum absolute atomic E-state index is 0.163. The van der Waals surface area contributed by atoms with Crippen molar-refractivity contribution < 1.29 is 14.0 Å². The highest BCUT2D eigenvalue weighted by molar-refractivity contribution is 6.03. The zero-order valence-corrected chi connectivity index (χ0v) is 15.7. The summed E-state index contributed by atoms with van der Waals surface area (Å²) in [5.74, 6) is -0.732. The molecule has 1 aliphatic rings. The number of halogens is 1. The highest BCUT2D eigenvalue weighted by Crippen LogP contribution is 2.18. The number of hydrogen-bond acceptors (Lipinski definition) is 3. The molecule has 6 heteroatoms. The average molecular weight is 369 g/mol. The van der Waals surface area contributed by atoms with Crippen molar-refractivity contribution >= 4 is 23.2 Å². The minimum atomic E-state index is -0.300. The van der Waals surface area contributed by atoms with Crippen LogP contribution >= 0.6 is 0 Å². The molecular weight excluding hydrogens is 345 g/mol. The fourth-order valence-corrected chi connectivity index (χ4v) is 3.37. The van der Waals surface area contributed by atoms with Gasteiger partial charge in [0.05, 0.1) is 0 Å². The number of rotatable bonds is 4. The van der Waals surface area contributed by atoms with Gasteiger partial charge in [0, 0.05) is 37.6 Å². The molecule has 0 spiro atoms. The van der Waals surface area contributed by atoms with Crippen LogP contribution in [0.1, 0.15) is 17.5 Å². The van der Waals surface area contributed by atoms with Crippen molar-refractivity contribution in [3.8, 4) is 0 Å². The Labute approximate surface area is 158 Å². The van der Waals surface area contributed by atoms with E-state index in [4.69, 9.17) is 0 Å². The Bertz CT molecular complexity index is 808. The number of benzene rings is 2. The first-order valence-electron chi connectivity index (χ1n) is 9.07. The van der Waals surface area contributed by atoms with Crippen LogP contribution in [0.5, 0.6) is 0 Å². The van der Waals surface area contributed by atoms with Crippen molar-refractivity contribution in [1.29, 1.82) is 0 Å². The molecule has 3 rings (SSSR count). The third kappa shape index (κ3) is 5.06. The first-order chi connectivity index (χ1) is 12.9. The van der Waals surface area contributed by atoms with E-state index in [2.05, 4.69) is 10.2 Å². The SMILES string of the molecule is Cc1cc(C)cc(NC(=O)CC(=O)N2CCN(c3ccc(F)cc3)CC2)c1. The van der Waals surface area contributed by atoms with Crippen LogP contribution in [0.2, 0.25) is 0 Å². The monoisotopic (exact) mass is 369 g/mol. The molecular formula is C21H24FN3O2. The van der Waals surface area contributed by atoms with Gasteiger partial charge in [0.1, 0.15) is 12.2 Å². The van der Waals surface area contributed by atoms with Crippen molar-refractivity contribution in [1.82, 2.24) is 4.90 Å². The number of nitrogens with one attached hydrogen (secondary N) is 1. The Balaban J connectivity index is 1.50. The number of anilines is 2. The maximum atomic E-state index is 13.0. The van der Waals surface area contributed by atoms with Gasteiger partial charge in [-0.1, -0.05) is 6.07 Å². The van der Waals surface area contributed by atoms with Gasteiger partial charge in [-0.3, -0.25) is 9.59 Å². The molecule has 0 saturated carbocycles. The molecule has 0 bridgehead atoms. The van der Waals surface area contributed by atoms with Crippen LogP contribution in [0.25, 0.3) is 0 Å². The first kappa shape index (κ1) is 18.9. The summed E-state index contributed by atoms with van der Waals surface area (Å²) in [4.78, 5) is 28.4. The van der Waals surface area contributed by atoms with Crippen LogP contribution in [-0.4, -0.2) is 42.9 Å². The smallest absolute Gasteiger partial charge is 0.233 e. The van der Waals surface area contributed by atoms with E-state index in [1.807, 2.05) is 32.0 Å². The molecule has 0 aliphatic carbocycles. The highest BCUT2D eigenvalue weighted by atomic mass is 19.1. The van der Waals surface area contributed by atoms with E-state index in [1.54, 1.807) is 17.0 Å². The van der Waals surface area contributed by atoms with E-state index in [9.17, 15) is 14.0 Å². The molecule has 0 radical (unpaired) electrons. The van der Waals surface area contributed by atoms with E-state index >= 15 is 0 Å². The zero-order chi connectivity index (χ0) is 19.4. The second-order valence-corrected chi connectivity index (χ2v) is 6.95. The molecule has 1 N–H and O–H groups in total. The molecule has 142 valence electrons. The fraction of sp³-hybridized carbons (Fsp3) is 0.333. The summed E-state index contributed by atoms with van der Waals surface area (Å²) in [6, 6.07) is 12.2. The van der Waals surface area contributed by atoms with Gasteiger partial charge in [-0.25, -0.2) is 4.39 Å². The lowest BCUT2D eigenvalue weighted by Crippen LogP contribution is -2.49. The van der Waals surface area contributed by atoms with Crippen LogP contribution < -0.4 is 10.2 Å². The molecule has 2 amide bonds. The molecule has 1 aliphatic heterocycles. The predicted octanol–water partition coefficient (Wildman–Crippen LogP) is 3.12. The Hall–Kier alpha value is -2.89. The third-order valence-corrected chi connectivity index (χ3v) is 4.64. The lowest BCUT2D eigenvalue weighted by Gasteiger charge is -2.36. The van der Waals surface area contributed by atoms with E-state index < -0.39 is 0 Å². The summed E-state index contributed by atoms with van der Waals surface area (Å²) in [5.41, 5.74) is 3.78. The molecule has 1 saturated heterocycles. The van der Waals surface area contributed by atoms with E-state index in [1.165, 1.54) is 12.1 Å². The normalized spacial score (nSPS) is 14.2. The van der Waals surface area contributed by atoms with E-state index in [0.717, 1.165) is 16.8 Å². The number of carbonyl (C=O) groups is 2.